The summed E-state index contributed by atoms with van der Waals surface area (Å²) in [7, 11) is 1.24. The van der Waals surface area contributed by atoms with Crippen molar-refractivity contribution >= 4 is 35.7 Å². The normalized spacial score (nSPS) is 17.6. The van der Waals surface area contributed by atoms with Gasteiger partial charge in [0.25, 0.3) is 5.69 Å². The van der Waals surface area contributed by atoms with E-state index in [1.54, 1.807) is 32.0 Å². The van der Waals surface area contributed by atoms with Gasteiger partial charge in [0, 0.05) is 61.9 Å². The van der Waals surface area contributed by atoms with Crippen LogP contribution in [-0.2, 0) is 19.1 Å². The highest BCUT2D eigenvalue weighted by molar-refractivity contribution is 5.99. The topological polar surface area (TPSA) is 114 Å². The van der Waals surface area contributed by atoms with E-state index in [1.165, 1.54) is 37.4 Å². The molecule has 1 saturated heterocycles. The van der Waals surface area contributed by atoms with Crippen LogP contribution >= 0.6 is 12.4 Å². The molecule has 1 atom stereocenters. The number of halogens is 2. The summed E-state index contributed by atoms with van der Waals surface area (Å²) in [6.07, 6.45) is 0. The number of methoxy groups -OCH3 is 1. The number of piperazine rings is 1. The summed E-state index contributed by atoms with van der Waals surface area (Å²) in [5.41, 5.74) is 2.59. The molecule has 0 aromatic heterocycles. The number of hydrogen-bond donors (Lipinski definition) is 1. The van der Waals surface area contributed by atoms with Gasteiger partial charge in [0.1, 0.15) is 12.4 Å². The summed E-state index contributed by atoms with van der Waals surface area (Å²) in [5, 5.41) is 14.5. The molecule has 0 saturated carbocycles. The minimum absolute atomic E-state index is 0. The fourth-order valence-electron chi connectivity index (χ4n) is 5.02. The van der Waals surface area contributed by atoms with E-state index >= 15 is 0 Å². The predicted octanol–water partition coefficient (Wildman–Crippen LogP) is 3.93. The first-order valence-electron chi connectivity index (χ1n) is 12.6. The molecular weight excluding hydrogens is 543 g/mol. The Labute approximate surface area is 238 Å². The Morgan fingerprint density at radius 2 is 1.65 bits per heavy atom. The van der Waals surface area contributed by atoms with Gasteiger partial charge in [-0.1, -0.05) is 12.1 Å². The van der Waals surface area contributed by atoms with Crippen molar-refractivity contribution in [1.82, 2.24) is 10.2 Å². The molecule has 1 N–H and O–H groups in total. The summed E-state index contributed by atoms with van der Waals surface area (Å²) in [4.78, 5) is 41.4. The number of esters is 2. The molecule has 0 radical (unpaired) electrons. The highest BCUT2D eigenvalue weighted by Gasteiger charge is 2.38. The molecule has 214 valence electrons. The molecule has 2 aliphatic heterocycles. The average molecular weight is 575 g/mol. The van der Waals surface area contributed by atoms with Crippen LogP contribution in [-0.4, -0.2) is 68.2 Å². The van der Waals surface area contributed by atoms with Crippen LogP contribution < -0.4 is 10.2 Å². The van der Waals surface area contributed by atoms with E-state index in [4.69, 9.17) is 9.47 Å². The maximum atomic E-state index is 13.4. The Bertz CT molecular complexity index is 1320. The lowest BCUT2D eigenvalue weighted by Crippen LogP contribution is -2.47. The molecule has 12 heteroatoms. The van der Waals surface area contributed by atoms with Gasteiger partial charge in [-0.15, -0.1) is 12.4 Å². The summed E-state index contributed by atoms with van der Waals surface area (Å²) in [6.45, 7) is 7.06. The van der Waals surface area contributed by atoms with Gasteiger partial charge in [-0.2, -0.15) is 0 Å². The number of carbonyl (C=O) groups is 2. The van der Waals surface area contributed by atoms with E-state index in [-0.39, 0.29) is 41.7 Å². The van der Waals surface area contributed by atoms with Gasteiger partial charge in [0.2, 0.25) is 0 Å². The summed E-state index contributed by atoms with van der Waals surface area (Å²) >= 11 is 0. The number of nitrogens with one attached hydrogen (secondary N) is 1. The molecule has 1 unspecified atom stereocenters. The molecule has 0 spiro atoms. The SMILES string of the molecule is COC(=O)C1=C(C)NC(C)=C(C(=O)OCCN2CCN(c3ccc(F)cc3)CC2)C1c1cccc([N+](=O)[O-])c1.Cl. The maximum absolute atomic E-state index is 13.4. The third kappa shape index (κ3) is 6.78. The Hall–Kier alpha value is -3.96. The van der Waals surface area contributed by atoms with Crippen LogP contribution in [0.2, 0.25) is 0 Å². The van der Waals surface area contributed by atoms with Gasteiger partial charge >= 0.3 is 11.9 Å². The minimum Gasteiger partial charge on any atom is -0.466 e. The van der Waals surface area contributed by atoms with Crippen molar-refractivity contribution < 1.29 is 28.4 Å². The molecule has 2 aliphatic rings. The standard InChI is InChI=1S/C28H31FN4O6.ClH/c1-18-24(27(34)38-3)26(20-5-4-6-23(17-20)33(36)37)25(19(2)30-18)28(35)39-16-15-31-11-13-32(14-12-31)22-9-7-21(29)8-10-22;/h4-10,17,26,30H,11-16H2,1-3H3;1H. The maximum Gasteiger partial charge on any atom is 0.336 e. The average Bonchev–Trinajstić information content (AvgIpc) is 2.93. The monoisotopic (exact) mass is 574 g/mol. The van der Waals surface area contributed by atoms with Crippen molar-refractivity contribution in [3.8, 4) is 0 Å². The molecule has 0 bridgehead atoms. The fourth-order valence-corrected chi connectivity index (χ4v) is 5.02. The van der Waals surface area contributed by atoms with Crippen molar-refractivity contribution in [2.75, 3.05) is 51.3 Å². The van der Waals surface area contributed by atoms with Crippen molar-refractivity contribution in [3.63, 3.8) is 0 Å². The minimum atomic E-state index is -0.898. The first-order chi connectivity index (χ1) is 18.7. The number of benzene rings is 2. The number of hydrogen-bond acceptors (Lipinski definition) is 9. The number of carbonyl (C=O) groups excluding carboxylic acids is 2. The van der Waals surface area contributed by atoms with Crippen molar-refractivity contribution in [1.29, 1.82) is 0 Å². The molecular formula is C28H32ClFN4O6. The number of non-ortho nitro benzene ring substituents is 1. The van der Waals surface area contributed by atoms with Crippen LogP contribution in [0.25, 0.3) is 0 Å². The number of allylic oxidation sites excluding steroid dienone is 2. The molecule has 2 heterocycles. The second kappa shape index (κ2) is 13.4. The quantitative estimate of drug-likeness (QED) is 0.284. The Morgan fingerprint density at radius 3 is 2.25 bits per heavy atom. The van der Waals surface area contributed by atoms with Gasteiger partial charge < -0.3 is 19.7 Å². The van der Waals surface area contributed by atoms with E-state index in [0.717, 1.165) is 31.9 Å². The predicted molar refractivity (Wildman–Crippen MR) is 150 cm³/mol. The lowest BCUT2D eigenvalue weighted by Gasteiger charge is -2.36. The molecule has 10 nitrogen and oxygen atoms in total. The van der Waals surface area contributed by atoms with Crippen LogP contribution in [0.1, 0.15) is 25.3 Å². The van der Waals surface area contributed by atoms with Crippen LogP contribution in [0.3, 0.4) is 0 Å². The van der Waals surface area contributed by atoms with E-state index in [9.17, 15) is 24.1 Å². The molecule has 40 heavy (non-hydrogen) atoms. The van der Waals surface area contributed by atoms with Crippen molar-refractivity contribution in [2.45, 2.75) is 19.8 Å². The van der Waals surface area contributed by atoms with Crippen molar-refractivity contribution in [2.24, 2.45) is 0 Å². The zero-order valence-corrected chi connectivity index (χ0v) is 23.3. The molecule has 0 amide bonds. The first-order valence-corrected chi connectivity index (χ1v) is 12.6. The summed E-state index contributed by atoms with van der Waals surface area (Å²) in [6, 6.07) is 12.3. The number of rotatable bonds is 8. The van der Waals surface area contributed by atoms with Crippen LogP contribution in [0, 0.1) is 15.9 Å². The van der Waals surface area contributed by atoms with Gasteiger partial charge in [0.05, 0.1) is 29.1 Å². The number of dihydropyridines is 1. The molecule has 2 aromatic rings. The van der Waals surface area contributed by atoms with Gasteiger partial charge in [-0.05, 0) is 43.7 Å². The number of nitro benzene ring substituents is 1. The van der Waals surface area contributed by atoms with E-state index in [0.29, 0.717) is 23.5 Å². The molecule has 4 rings (SSSR count). The molecule has 2 aromatic carbocycles. The largest absolute Gasteiger partial charge is 0.466 e. The fraction of sp³-hybridized carbons (Fsp3) is 0.357. The molecule has 1 fully saturated rings. The second-order valence-corrected chi connectivity index (χ2v) is 9.42. The van der Waals surface area contributed by atoms with Crippen molar-refractivity contribution in [3.05, 3.63) is 92.6 Å². The number of nitro groups is 1. The second-order valence-electron chi connectivity index (χ2n) is 9.42. The lowest BCUT2D eigenvalue weighted by atomic mass is 9.80. The first kappa shape index (κ1) is 30.6. The van der Waals surface area contributed by atoms with E-state index < -0.39 is 22.8 Å². The zero-order valence-electron chi connectivity index (χ0n) is 22.5. The third-order valence-corrected chi connectivity index (χ3v) is 7.00. The highest BCUT2D eigenvalue weighted by atomic mass is 35.5. The Kier molecular flexibility index (Phi) is 10.2. The van der Waals surface area contributed by atoms with Gasteiger partial charge in [-0.25, -0.2) is 14.0 Å². The smallest absolute Gasteiger partial charge is 0.336 e. The highest BCUT2D eigenvalue weighted by Crippen LogP contribution is 2.40. The van der Waals surface area contributed by atoms with Crippen LogP contribution in [0.4, 0.5) is 15.8 Å². The molecule has 0 aliphatic carbocycles. The number of ether oxygens (including phenoxy) is 2. The van der Waals surface area contributed by atoms with Gasteiger partial charge in [-0.3, -0.25) is 15.0 Å². The Morgan fingerprint density at radius 1 is 1.02 bits per heavy atom. The third-order valence-electron chi connectivity index (χ3n) is 7.00. The lowest BCUT2D eigenvalue weighted by molar-refractivity contribution is -0.384. The van der Waals surface area contributed by atoms with Crippen LogP contribution in [0.5, 0.6) is 0 Å². The summed E-state index contributed by atoms with van der Waals surface area (Å²) < 4.78 is 23.9. The van der Waals surface area contributed by atoms with E-state index in [2.05, 4.69) is 15.1 Å². The van der Waals surface area contributed by atoms with E-state index in [1.807, 2.05) is 0 Å². The van der Waals surface area contributed by atoms with Crippen LogP contribution in [0.15, 0.2) is 71.1 Å². The summed E-state index contributed by atoms with van der Waals surface area (Å²) in [5.74, 6) is -2.43. The zero-order chi connectivity index (χ0) is 28.1. The Balaban J connectivity index is 0.00000441. The number of anilines is 1. The number of nitrogens with zero attached hydrogens (tertiary/aromatic N) is 3. The van der Waals surface area contributed by atoms with Gasteiger partial charge in [0.15, 0.2) is 0 Å².